The number of carboxylic acid groups (broad SMARTS) is 1. The number of ether oxygens (including phenoxy) is 2. The molecule has 1 fully saturated rings. The van der Waals surface area contributed by atoms with Gasteiger partial charge in [-0.05, 0) is 18.8 Å². The maximum absolute atomic E-state index is 11.8. The summed E-state index contributed by atoms with van der Waals surface area (Å²) < 4.78 is 10.0. The van der Waals surface area contributed by atoms with E-state index in [1.807, 2.05) is 0 Å². The fraction of sp³-hybridized carbons (Fsp3) is 0.833. The van der Waals surface area contributed by atoms with Crippen molar-refractivity contribution in [2.24, 2.45) is 5.92 Å². The lowest BCUT2D eigenvalue weighted by Gasteiger charge is -2.21. The zero-order chi connectivity index (χ0) is 14.1. The number of amides is 2. The van der Waals surface area contributed by atoms with Gasteiger partial charge in [-0.1, -0.05) is 0 Å². The van der Waals surface area contributed by atoms with Gasteiger partial charge in [-0.25, -0.2) is 4.79 Å². The fourth-order valence-corrected chi connectivity index (χ4v) is 1.58. The number of hydrogen-bond donors (Lipinski definition) is 2. The Bertz CT molecular complexity index is 294. The molecule has 1 aliphatic rings. The van der Waals surface area contributed by atoms with Crippen molar-refractivity contribution in [1.82, 2.24) is 10.2 Å². The molecule has 0 spiro atoms. The summed E-state index contributed by atoms with van der Waals surface area (Å²) in [5, 5.41) is 11.4. The first-order chi connectivity index (χ1) is 9.13. The molecule has 0 aromatic heterocycles. The van der Waals surface area contributed by atoms with Gasteiger partial charge in [0.15, 0.2) is 0 Å². The van der Waals surface area contributed by atoms with Gasteiger partial charge in [0.05, 0.1) is 19.8 Å². The van der Waals surface area contributed by atoms with Crippen molar-refractivity contribution in [3.8, 4) is 0 Å². The Kier molecular flexibility index (Phi) is 7.20. The summed E-state index contributed by atoms with van der Waals surface area (Å²) in [6, 6.07) is -0.343. The van der Waals surface area contributed by atoms with Crippen LogP contribution in [0.3, 0.4) is 0 Å². The van der Waals surface area contributed by atoms with Crippen molar-refractivity contribution in [2.75, 3.05) is 46.6 Å². The molecule has 0 heterocycles. The van der Waals surface area contributed by atoms with Crippen LogP contribution in [-0.4, -0.2) is 68.6 Å². The van der Waals surface area contributed by atoms with Crippen LogP contribution >= 0.6 is 0 Å². The van der Waals surface area contributed by atoms with Crippen LogP contribution in [0, 0.1) is 5.92 Å². The first-order valence-electron chi connectivity index (χ1n) is 6.44. The molecule has 2 N–H and O–H groups in total. The predicted octanol–water partition coefficient (Wildman–Crippen LogP) is 0.156. The SMILES string of the molecule is COCCOCCNC(=O)N(CC(=O)O)CC1CC1. The third-order valence-corrected chi connectivity index (χ3v) is 2.74. The molecule has 0 aromatic carbocycles. The van der Waals surface area contributed by atoms with Gasteiger partial charge in [0.2, 0.25) is 0 Å². The third kappa shape index (κ3) is 7.63. The average Bonchev–Trinajstić information content (AvgIpc) is 3.16. The fourth-order valence-electron chi connectivity index (χ4n) is 1.58. The second kappa shape index (κ2) is 8.71. The van der Waals surface area contributed by atoms with Crippen LogP contribution in [0.4, 0.5) is 4.79 Å². The minimum Gasteiger partial charge on any atom is -0.480 e. The molecule has 2 amide bonds. The van der Waals surface area contributed by atoms with E-state index in [0.717, 1.165) is 12.8 Å². The van der Waals surface area contributed by atoms with Crippen LogP contribution in [0.25, 0.3) is 0 Å². The Morgan fingerprint density at radius 3 is 2.63 bits per heavy atom. The van der Waals surface area contributed by atoms with E-state index in [2.05, 4.69) is 5.32 Å². The molecule has 0 aliphatic heterocycles. The largest absolute Gasteiger partial charge is 0.480 e. The average molecular weight is 274 g/mol. The van der Waals surface area contributed by atoms with Crippen LogP contribution in [-0.2, 0) is 14.3 Å². The number of carbonyl (C=O) groups excluding carboxylic acids is 1. The Morgan fingerprint density at radius 1 is 1.32 bits per heavy atom. The zero-order valence-corrected chi connectivity index (χ0v) is 11.3. The maximum atomic E-state index is 11.8. The summed E-state index contributed by atoms with van der Waals surface area (Å²) in [5.41, 5.74) is 0. The summed E-state index contributed by atoms with van der Waals surface area (Å²) in [4.78, 5) is 23.8. The highest BCUT2D eigenvalue weighted by molar-refractivity contribution is 5.80. The lowest BCUT2D eigenvalue weighted by Crippen LogP contribution is -2.44. The van der Waals surface area contributed by atoms with E-state index < -0.39 is 5.97 Å². The van der Waals surface area contributed by atoms with Crippen molar-refractivity contribution in [3.63, 3.8) is 0 Å². The number of rotatable bonds is 10. The molecule has 0 aromatic rings. The van der Waals surface area contributed by atoms with Gasteiger partial charge in [0.1, 0.15) is 6.54 Å². The smallest absolute Gasteiger partial charge is 0.323 e. The second-order valence-corrected chi connectivity index (χ2v) is 4.55. The molecule has 110 valence electrons. The predicted molar refractivity (Wildman–Crippen MR) is 68.0 cm³/mol. The quantitative estimate of drug-likeness (QED) is 0.554. The number of nitrogens with one attached hydrogen (secondary N) is 1. The highest BCUT2D eigenvalue weighted by Gasteiger charge is 2.27. The summed E-state index contributed by atoms with van der Waals surface area (Å²) in [6.45, 7) is 2.01. The highest BCUT2D eigenvalue weighted by atomic mass is 16.5. The van der Waals surface area contributed by atoms with E-state index in [-0.39, 0.29) is 12.6 Å². The summed E-state index contributed by atoms with van der Waals surface area (Å²) >= 11 is 0. The lowest BCUT2D eigenvalue weighted by molar-refractivity contribution is -0.137. The van der Waals surface area contributed by atoms with E-state index in [0.29, 0.717) is 38.8 Å². The summed E-state index contributed by atoms with van der Waals surface area (Å²) in [7, 11) is 1.59. The topological polar surface area (TPSA) is 88.1 Å². The number of methoxy groups -OCH3 is 1. The van der Waals surface area contributed by atoms with E-state index >= 15 is 0 Å². The van der Waals surface area contributed by atoms with E-state index in [9.17, 15) is 9.59 Å². The Labute approximate surface area is 112 Å². The number of carboxylic acids is 1. The van der Waals surface area contributed by atoms with Gasteiger partial charge in [-0.2, -0.15) is 0 Å². The number of hydrogen-bond acceptors (Lipinski definition) is 4. The van der Waals surface area contributed by atoms with Crippen LogP contribution < -0.4 is 5.32 Å². The third-order valence-electron chi connectivity index (χ3n) is 2.74. The first kappa shape index (κ1) is 15.7. The summed E-state index contributed by atoms with van der Waals surface area (Å²) in [6.07, 6.45) is 2.15. The van der Waals surface area contributed by atoms with Gasteiger partial charge in [0, 0.05) is 20.2 Å². The molecule has 0 atom stereocenters. The molecule has 19 heavy (non-hydrogen) atoms. The maximum Gasteiger partial charge on any atom is 0.323 e. The number of aliphatic carboxylic acids is 1. The van der Waals surface area contributed by atoms with E-state index in [1.54, 1.807) is 7.11 Å². The molecular formula is C12H22N2O5. The molecule has 7 nitrogen and oxygen atoms in total. The van der Waals surface area contributed by atoms with Gasteiger partial charge in [0.25, 0.3) is 0 Å². The van der Waals surface area contributed by atoms with Gasteiger partial charge in [-0.15, -0.1) is 0 Å². The first-order valence-corrected chi connectivity index (χ1v) is 6.44. The molecule has 7 heteroatoms. The Hall–Kier alpha value is -1.34. The lowest BCUT2D eigenvalue weighted by atomic mass is 10.3. The van der Waals surface area contributed by atoms with Crippen LogP contribution in [0.5, 0.6) is 0 Å². The molecule has 0 radical (unpaired) electrons. The minimum atomic E-state index is -0.993. The molecule has 0 saturated heterocycles. The molecule has 1 saturated carbocycles. The van der Waals surface area contributed by atoms with Gasteiger partial charge < -0.3 is 24.8 Å². The Balaban J connectivity index is 2.17. The molecule has 1 rings (SSSR count). The van der Waals surface area contributed by atoms with E-state index in [1.165, 1.54) is 4.90 Å². The second-order valence-electron chi connectivity index (χ2n) is 4.55. The van der Waals surface area contributed by atoms with Crippen molar-refractivity contribution < 1.29 is 24.2 Å². The van der Waals surface area contributed by atoms with Crippen LogP contribution in [0.15, 0.2) is 0 Å². The standard InChI is InChI=1S/C12H22N2O5/c1-18-6-7-19-5-4-13-12(17)14(9-11(15)16)8-10-2-3-10/h10H,2-9H2,1H3,(H,13,17)(H,15,16). The van der Waals surface area contributed by atoms with Crippen molar-refractivity contribution in [2.45, 2.75) is 12.8 Å². The monoisotopic (exact) mass is 274 g/mol. The Morgan fingerprint density at radius 2 is 2.05 bits per heavy atom. The molecule has 1 aliphatic carbocycles. The van der Waals surface area contributed by atoms with Gasteiger partial charge in [-0.3, -0.25) is 4.79 Å². The normalized spacial score (nSPS) is 14.2. The van der Waals surface area contributed by atoms with Crippen molar-refractivity contribution >= 4 is 12.0 Å². The number of nitrogens with zero attached hydrogens (tertiary/aromatic N) is 1. The molecule has 0 unspecified atom stereocenters. The number of carbonyl (C=O) groups is 2. The van der Waals surface area contributed by atoms with E-state index in [4.69, 9.17) is 14.6 Å². The number of urea groups is 1. The zero-order valence-electron chi connectivity index (χ0n) is 11.3. The van der Waals surface area contributed by atoms with Gasteiger partial charge >= 0.3 is 12.0 Å². The molecular weight excluding hydrogens is 252 g/mol. The summed E-state index contributed by atoms with van der Waals surface area (Å²) in [5.74, 6) is -0.532. The van der Waals surface area contributed by atoms with Crippen molar-refractivity contribution in [1.29, 1.82) is 0 Å². The molecule has 0 bridgehead atoms. The van der Waals surface area contributed by atoms with Crippen LogP contribution in [0.1, 0.15) is 12.8 Å². The minimum absolute atomic E-state index is 0.257. The van der Waals surface area contributed by atoms with Crippen molar-refractivity contribution in [3.05, 3.63) is 0 Å². The van der Waals surface area contributed by atoms with Crippen LogP contribution in [0.2, 0.25) is 0 Å². The highest BCUT2D eigenvalue weighted by Crippen LogP contribution is 2.29.